The molecule has 7 nitrogen and oxygen atoms in total. The number of hydrogen-bond acceptors (Lipinski definition) is 6. The lowest BCUT2D eigenvalue weighted by molar-refractivity contribution is 0.0398. The monoisotopic (exact) mass is 319 g/mol. The first-order chi connectivity index (χ1) is 11.3. The normalized spacial score (nSPS) is 19.7. The summed E-state index contributed by atoms with van der Waals surface area (Å²) in [6, 6.07) is 2.03. The van der Waals surface area contributed by atoms with E-state index >= 15 is 0 Å². The molecule has 1 aliphatic carbocycles. The zero-order valence-electron chi connectivity index (χ0n) is 13.5. The molecule has 0 bridgehead atoms. The smallest absolute Gasteiger partial charge is 0.270 e. The summed E-state index contributed by atoms with van der Waals surface area (Å²) in [7, 11) is 0. The van der Waals surface area contributed by atoms with Crippen LogP contribution in [0.3, 0.4) is 0 Å². The van der Waals surface area contributed by atoms with Gasteiger partial charge in [-0.3, -0.25) is 9.69 Å². The van der Waals surface area contributed by atoms with Crippen LogP contribution in [0, 0.1) is 0 Å². The molecule has 1 saturated carbocycles. The van der Waals surface area contributed by atoms with Gasteiger partial charge in [0.15, 0.2) is 0 Å². The number of morpholine rings is 1. The Kier molecular flexibility index (Phi) is 5.76. The van der Waals surface area contributed by atoms with Gasteiger partial charge in [0.25, 0.3) is 5.91 Å². The molecule has 0 radical (unpaired) electrons. The maximum atomic E-state index is 12.2. The van der Waals surface area contributed by atoms with E-state index in [1.54, 1.807) is 6.07 Å². The van der Waals surface area contributed by atoms with Crippen molar-refractivity contribution in [2.24, 2.45) is 0 Å². The van der Waals surface area contributed by atoms with Gasteiger partial charge in [0.2, 0.25) is 0 Å². The number of rotatable bonds is 6. The van der Waals surface area contributed by atoms with Crippen LogP contribution in [0.25, 0.3) is 0 Å². The Morgan fingerprint density at radius 2 is 2.04 bits per heavy atom. The van der Waals surface area contributed by atoms with Crippen LogP contribution in [0.4, 0.5) is 5.82 Å². The molecule has 1 aromatic heterocycles. The van der Waals surface area contributed by atoms with Crippen LogP contribution in [0.5, 0.6) is 0 Å². The number of nitrogens with one attached hydrogen (secondary N) is 2. The second-order valence-corrected chi connectivity index (χ2v) is 6.12. The first kappa shape index (κ1) is 16.1. The lowest BCUT2D eigenvalue weighted by atomic mass is 10.2. The Bertz CT molecular complexity index is 513. The topological polar surface area (TPSA) is 79.4 Å². The summed E-state index contributed by atoms with van der Waals surface area (Å²) < 4.78 is 5.33. The van der Waals surface area contributed by atoms with E-state index in [0.717, 1.165) is 52.2 Å². The zero-order chi connectivity index (χ0) is 15.9. The molecule has 2 heterocycles. The average Bonchev–Trinajstić information content (AvgIpc) is 3.09. The predicted octanol–water partition coefficient (Wildman–Crippen LogP) is 0.893. The first-order valence-electron chi connectivity index (χ1n) is 8.48. The maximum Gasteiger partial charge on any atom is 0.270 e. The van der Waals surface area contributed by atoms with E-state index in [1.807, 2.05) is 0 Å². The average molecular weight is 319 g/mol. The van der Waals surface area contributed by atoms with Crippen molar-refractivity contribution in [2.45, 2.75) is 31.7 Å². The third-order valence-corrected chi connectivity index (χ3v) is 4.43. The molecule has 126 valence electrons. The minimum Gasteiger partial charge on any atom is -0.379 e. The second-order valence-electron chi connectivity index (χ2n) is 6.12. The van der Waals surface area contributed by atoms with E-state index in [9.17, 15) is 4.79 Å². The molecule has 3 rings (SSSR count). The zero-order valence-corrected chi connectivity index (χ0v) is 13.5. The van der Waals surface area contributed by atoms with Crippen molar-refractivity contribution in [3.8, 4) is 0 Å². The standard InChI is InChI=1S/C16H25N5O2/c22-16(20-13-3-1-2-4-13)14-11-15(19-12-18-14)17-5-6-21-7-9-23-10-8-21/h11-13H,1-10H2,(H,20,22)(H,17,18,19). The molecular weight excluding hydrogens is 294 g/mol. The molecule has 1 amide bonds. The fourth-order valence-corrected chi connectivity index (χ4v) is 3.07. The number of carbonyl (C=O) groups excluding carboxylic acids is 1. The highest BCUT2D eigenvalue weighted by Gasteiger charge is 2.19. The number of aromatic nitrogens is 2. The SMILES string of the molecule is O=C(NC1CCCC1)c1cc(NCCN2CCOCC2)ncn1. The van der Waals surface area contributed by atoms with Gasteiger partial charge in [-0.2, -0.15) is 0 Å². The van der Waals surface area contributed by atoms with E-state index < -0.39 is 0 Å². The van der Waals surface area contributed by atoms with Gasteiger partial charge < -0.3 is 15.4 Å². The highest BCUT2D eigenvalue weighted by atomic mass is 16.5. The molecule has 0 aromatic carbocycles. The van der Waals surface area contributed by atoms with Crippen molar-refractivity contribution in [1.29, 1.82) is 0 Å². The fourth-order valence-electron chi connectivity index (χ4n) is 3.07. The molecule has 1 aliphatic heterocycles. The number of carbonyl (C=O) groups is 1. The van der Waals surface area contributed by atoms with Crippen molar-refractivity contribution < 1.29 is 9.53 Å². The van der Waals surface area contributed by atoms with Gasteiger partial charge in [-0.15, -0.1) is 0 Å². The lowest BCUT2D eigenvalue weighted by Gasteiger charge is -2.26. The van der Waals surface area contributed by atoms with E-state index in [-0.39, 0.29) is 5.91 Å². The Morgan fingerprint density at radius 3 is 2.83 bits per heavy atom. The van der Waals surface area contributed by atoms with Crippen molar-refractivity contribution >= 4 is 11.7 Å². The van der Waals surface area contributed by atoms with Crippen LogP contribution >= 0.6 is 0 Å². The minimum atomic E-state index is -0.101. The Labute approximate surface area is 136 Å². The Balaban J connectivity index is 1.47. The number of nitrogens with zero attached hydrogens (tertiary/aromatic N) is 3. The van der Waals surface area contributed by atoms with E-state index in [1.165, 1.54) is 19.2 Å². The van der Waals surface area contributed by atoms with Crippen molar-refractivity contribution in [3.63, 3.8) is 0 Å². The number of amides is 1. The van der Waals surface area contributed by atoms with Crippen LogP contribution in [0.15, 0.2) is 12.4 Å². The van der Waals surface area contributed by atoms with Crippen molar-refractivity contribution in [1.82, 2.24) is 20.2 Å². The number of ether oxygens (including phenoxy) is 1. The predicted molar refractivity (Wildman–Crippen MR) is 87.5 cm³/mol. The second kappa shape index (κ2) is 8.21. The molecule has 0 atom stereocenters. The van der Waals surface area contributed by atoms with Crippen LogP contribution < -0.4 is 10.6 Å². The third kappa shape index (κ3) is 4.87. The van der Waals surface area contributed by atoms with Gasteiger partial charge in [0.05, 0.1) is 13.2 Å². The summed E-state index contributed by atoms with van der Waals surface area (Å²) in [5.41, 5.74) is 0.431. The molecule has 2 aliphatic rings. The summed E-state index contributed by atoms with van der Waals surface area (Å²) in [5, 5.41) is 6.32. The van der Waals surface area contributed by atoms with Crippen molar-refractivity contribution in [3.05, 3.63) is 18.1 Å². The fraction of sp³-hybridized carbons (Fsp3) is 0.688. The van der Waals surface area contributed by atoms with Gasteiger partial charge in [-0.05, 0) is 12.8 Å². The largest absolute Gasteiger partial charge is 0.379 e. The maximum absolute atomic E-state index is 12.2. The Hall–Kier alpha value is -1.73. The summed E-state index contributed by atoms with van der Waals surface area (Å²) in [4.78, 5) is 22.9. The summed E-state index contributed by atoms with van der Waals surface area (Å²) in [6.45, 7) is 5.29. The van der Waals surface area contributed by atoms with Gasteiger partial charge in [0.1, 0.15) is 17.8 Å². The van der Waals surface area contributed by atoms with Crippen LogP contribution in [0.2, 0.25) is 0 Å². The minimum absolute atomic E-state index is 0.101. The molecule has 2 N–H and O–H groups in total. The van der Waals surface area contributed by atoms with Gasteiger partial charge in [-0.25, -0.2) is 9.97 Å². The van der Waals surface area contributed by atoms with E-state index in [0.29, 0.717) is 17.6 Å². The number of hydrogen-bond donors (Lipinski definition) is 2. The van der Waals surface area contributed by atoms with Crippen molar-refractivity contribution in [2.75, 3.05) is 44.7 Å². The molecule has 0 unspecified atom stereocenters. The van der Waals surface area contributed by atoms with E-state index in [4.69, 9.17) is 4.74 Å². The summed E-state index contributed by atoms with van der Waals surface area (Å²) in [6.07, 6.45) is 5.98. The van der Waals surface area contributed by atoms with Crippen LogP contribution in [0.1, 0.15) is 36.2 Å². The molecule has 23 heavy (non-hydrogen) atoms. The molecule has 1 saturated heterocycles. The van der Waals surface area contributed by atoms with Crippen LogP contribution in [-0.2, 0) is 4.74 Å². The van der Waals surface area contributed by atoms with E-state index in [2.05, 4.69) is 25.5 Å². The molecule has 1 aromatic rings. The van der Waals surface area contributed by atoms with Crippen LogP contribution in [-0.4, -0.2) is 66.2 Å². The third-order valence-electron chi connectivity index (χ3n) is 4.43. The highest BCUT2D eigenvalue weighted by Crippen LogP contribution is 2.18. The summed E-state index contributed by atoms with van der Waals surface area (Å²) in [5.74, 6) is 0.598. The molecule has 2 fully saturated rings. The lowest BCUT2D eigenvalue weighted by Crippen LogP contribution is -2.39. The molecule has 7 heteroatoms. The number of anilines is 1. The quantitative estimate of drug-likeness (QED) is 0.811. The van der Waals surface area contributed by atoms with Gasteiger partial charge in [-0.1, -0.05) is 12.8 Å². The van der Waals surface area contributed by atoms with Gasteiger partial charge in [0, 0.05) is 38.3 Å². The van der Waals surface area contributed by atoms with Gasteiger partial charge >= 0.3 is 0 Å². The highest BCUT2D eigenvalue weighted by molar-refractivity contribution is 5.93. The molecular formula is C16H25N5O2. The Morgan fingerprint density at radius 1 is 1.26 bits per heavy atom. The first-order valence-corrected chi connectivity index (χ1v) is 8.48. The summed E-state index contributed by atoms with van der Waals surface area (Å²) >= 11 is 0. The molecule has 0 spiro atoms.